The number of rotatable bonds is 6. The monoisotopic (exact) mass is 385 g/mol. The van der Waals surface area contributed by atoms with Gasteiger partial charge in [-0.15, -0.1) is 0 Å². The largest absolute Gasteiger partial charge is 0.492 e. The Morgan fingerprint density at radius 1 is 1.00 bits per heavy atom. The quantitative estimate of drug-likeness (QED) is 0.527. The predicted octanol–water partition coefficient (Wildman–Crippen LogP) is 5.46. The van der Waals surface area contributed by atoms with E-state index in [1.165, 1.54) is 5.56 Å². The second-order valence-corrected chi connectivity index (χ2v) is 6.63. The lowest BCUT2D eigenvalue weighted by Gasteiger charge is -2.13. The van der Waals surface area contributed by atoms with Crippen LogP contribution in [0.4, 0.5) is 0 Å². The molecule has 3 aromatic rings. The second kappa shape index (κ2) is 7.67. The van der Waals surface area contributed by atoms with Gasteiger partial charge >= 0.3 is 0 Å². The maximum atomic E-state index is 5.91. The molecular formula is C20H20BrNO2. The van der Waals surface area contributed by atoms with Crippen molar-refractivity contribution in [3.05, 3.63) is 64.3 Å². The van der Waals surface area contributed by atoms with Gasteiger partial charge in [-0.25, -0.2) is 0 Å². The Hall–Kier alpha value is -2.07. The highest BCUT2D eigenvalue weighted by molar-refractivity contribution is 9.10. The molecule has 0 aliphatic carbocycles. The average molecular weight is 386 g/mol. The topological polar surface area (TPSA) is 31.4 Å². The number of aryl methyl sites for hydroxylation is 2. The summed E-state index contributed by atoms with van der Waals surface area (Å²) in [5.74, 6) is 1.73. The molecule has 1 heterocycles. The number of fused-ring (bicyclic) bond motifs is 1. The van der Waals surface area contributed by atoms with Gasteiger partial charge in [-0.05, 0) is 59.1 Å². The highest BCUT2D eigenvalue weighted by atomic mass is 79.9. The van der Waals surface area contributed by atoms with Crippen molar-refractivity contribution in [3.8, 4) is 11.5 Å². The lowest BCUT2D eigenvalue weighted by atomic mass is 10.1. The molecule has 0 spiro atoms. The number of pyridine rings is 1. The first kappa shape index (κ1) is 16.8. The Labute approximate surface area is 150 Å². The predicted molar refractivity (Wildman–Crippen MR) is 101 cm³/mol. The van der Waals surface area contributed by atoms with Crippen LogP contribution in [0.25, 0.3) is 10.9 Å². The van der Waals surface area contributed by atoms with Crippen molar-refractivity contribution in [3.63, 3.8) is 0 Å². The molecule has 4 heteroatoms. The van der Waals surface area contributed by atoms with E-state index in [9.17, 15) is 0 Å². The van der Waals surface area contributed by atoms with Crippen molar-refractivity contribution in [1.82, 2.24) is 4.98 Å². The third kappa shape index (κ3) is 3.88. The summed E-state index contributed by atoms with van der Waals surface area (Å²) < 4.78 is 12.8. The number of benzene rings is 2. The van der Waals surface area contributed by atoms with Crippen molar-refractivity contribution < 1.29 is 9.47 Å². The van der Waals surface area contributed by atoms with E-state index in [2.05, 4.69) is 46.9 Å². The SMILES string of the molecule is Cc1cc(C)c(OCCCOc2cccc3cccnc23)c(Br)c1. The van der Waals surface area contributed by atoms with Crippen LogP contribution >= 0.6 is 15.9 Å². The molecular weight excluding hydrogens is 366 g/mol. The fourth-order valence-electron chi connectivity index (χ4n) is 2.69. The fraction of sp³-hybridized carbons (Fsp3) is 0.250. The molecule has 0 atom stereocenters. The highest BCUT2D eigenvalue weighted by Gasteiger charge is 2.07. The Morgan fingerprint density at radius 3 is 2.62 bits per heavy atom. The summed E-state index contributed by atoms with van der Waals surface area (Å²) >= 11 is 3.57. The smallest absolute Gasteiger partial charge is 0.145 e. The first-order chi connectivity index (χ1) is 11.6. The first-order valence-electron chi connectivity index (χ1n) is 8.01. The molecule has 0 aliphatic rings. The van der Waals surface area contributed by atoms with E-state index in [1.54, 1.807) is 6.20 Å². The van der Waals surface area contributed by atoms with Crippen LogP contribution in [0.5, 0.6) is 11.5 Å². The standard InChI is InChI=1S/C20H20BrNO2/c1-14-12-15(2)20(17(21)13-14)24-11-5-10-23-18-8-3-6-16-7-4-9-22-19(16)18/h3-4,6-9,12-13H,5,10-11H2,1-2H3. The fourth-order valence-corrected chi connectivity index (χ4v) is 3.48. The number of nitrogens with zero attached hydrogens (tertiary/aromatic N) is 1. The van der Waals surface area contributed by atoms with Crippen LogP contribution in [0.1, 0.15) is 17.5 Å². The molecule has 3 nitrogen and oxygen atoms in total. The summed E-state index contributed by atoms with van der Waals surface area (Å²) in [5.41, 5.74) is 3.26. The molecule has 0 radical (unpaired) electrons. The zero-order valence-electron chi connectivity index (χ0n) is 13.9. The number of hydrogen-bond acceptors (Lipinski definition) is 3. The van der Waals surface area contributed by atoms with Crippen LogP contribution in [-0.4, -0.2) is 18.2 Å². The third-order valence-electron chi connectivity index (χ3n) is 3.76. The molecule has 1 aromatic heterocycles. The number of aromatic nitrogens is 1. The van der Waals surface area contributed by atoms with Gasteiger partial charge in [0.15, 0.2) is 0 Å². The molecule has 0 fully saturated rings. The number of halogens is 1. The molecule has 2 aromatic carbocycles. The van der Waals surface area contributed by atoms with Gasteiger partial charge in [-0.1, -0.05) is 24.3 Å². The van der Waals surface area contributed by atoms with E-state index in [0.717, 1.165) is 38.9 Å². The van der Waals surface area contributed by atoms with E-state index >= 15 is 0 Å². The number of hydrogen-bond donors (Lipinski definition) is 0. The maximum absolute atomic E-state index is 5.91. The molecule has 24 heavy (non-hydrogen) atoms. The Balaban J connectivity index is 1.54. The Bertz CT molecular complexity index is 820. The highest BCUT2D eigenvalue weighted by Crippen LogP contribution is 2.30. The van der Waals surface area contributed by atoms with Crippen LogP contribution in [0.3, 0.4) is 0 Å². The lowest BCUT2D eigenvalue weighted by molar-refractivity contribution is 0.247. The van der Waals surface area contributed by atoms with E-state index in [1.807, 2.05) is 30.3 Å². The summed E-state index contributed by atoms with van der Waals surface area (Å²) in [6, 6.07) is 14.1. The van der Waals surface area contributed by atoms with Gasteiger partial charge in [0.25, 0.3) is 0 Å². The van der Waals surface area contributed by atoms with Crippen LogP contribution < -0.4 is 9.47 Å². The van der Waals surface area contributed by atoms with E-state index in [4.69, 9.17) is 9.47 Å². The summed E-state index contributed by atoms with van der Waals surface area (Å²) in [6.07, 6.45) is 2.60. The van der Waals surface area contributed by atoms with Crippen LogP contribution in [0.2, 0.25) is 0 Å². The molecule has 0 bridgehead atoms. The molecule has 0 amide bonds. The Morgan fingerprint density at radius 2 is 1.79 bits per heavy atom. The minimum atomic E-state index is 0.595. The molecule has 124 valence electrons. The van der Waals surface area contributed by atoms with Crippen LogP contribution in [-0.2, 0) is 0 Å². The maximum Gasteiger partial charge on any atom is 0.145 e. The lowest BCUT2D eigenvalue weighted by Crippen LogP contribution is -2.06. The van der Waals surface area contributed by atoms with Gasteiger partial charge in [0.05, 0.1) is 17.7 Å². The second-order valence-electron chi connectivity index (χ2n) is 5.77. The zero-order valence-corrected chi connectivity index (χ0v) is 15.5. The summed E-state index contributed by atoms with van der Waals surface area (Å²) in [6.45, 7) is 5.35. The zero-order chi connectivity index (χ0) is 16.9. The minimum Gasteiger partial charge on any atom is -0.492 e. The van der Waals surface area contributed by atoms with E-state index < -0.39 is 0 Å². The van der Waals surface area contributed by atoms with Crippen molar-refractivity contribution in [2.24, 2.45) is 0 Å². The Kier molecular flexibility index (Phi) is 5.36. The molecule has 3 rings (SSSR count). The van der Waals surface area contributed by atoms with Gasteiger partial charge in [-0.2, -0.15) is 0 Å². The summed E-state index contributed by atoms with van der Waals surface area (Å²) in [7, 11) is 0. The van der Waals surface area contributed by atoms with E-state index in [-0.39, 0.29) is 0 Å². The van der Waals surface area contributed by atoms with Gasteiger partial charge in [0.1, 0.15) is 17.0 Å². The van der Waals surface area contributed by atoms with Crippen LogP contribution in [0.15, 0.2) is 53.1 Å². The first-order valence-corrected chi connectivity index (χ1v) is 8.80. The van der Waals surface area contributed by atoms with Gasteiger partial charge in [0.2, 0.25) is 0 Å². The summed E-state index contributed by atoms with van der Waals surface area (Å²) in [4.78, 5) is 4.40. The van der Waals surface area contributed by atoms with Gasteiger partial charge < -0.3 is 9.47 Å². The van der Waals surface area contributed by atoms with Gasteiger partial charge in [-0.3, -0.25) is 4.98 Å². The molecule has 0 aliphatic heterocycles. The van der Waals surface area contributed by atoms with Crippen molar-refractivity contribution >= 4 is 26.8 Å². The van der Waals surface area contributed by atoms with E-state index in [0.29, 0.717) is 13.2 Å². The molecule has 0 unspecified atom stereocenters. The van der Waals surface area contributed by atoms with Crippen molar-refractivity contribution in [2.45, 2.75) is 20.3 Å². The minimum absolute atomic E-state index is 0.595. The van der Waals surface area contributed by atoms with Crippen molar-refractivity contribution in [1.29, 1.82) is 0 Å². The van der Waals surface area contributed by atoms with Crippen molar-refractivity contribution in [2.75, 3.05) is 13.2 Å². The normalized spacial score (nSPS) is 10.8. The van der Waals surface area contributed by atoms with Crippen LogP contribution in [0, 0.1) is 13.8 Å². The average Bonchev–Trinajstić information content (AvgIpc) is 2.56. The molecule has 0 saturated heterocycles. The number of ether oxygens (including phenoxy) is 2. The molecule has 0 N–H and O–H groups in total. The molecule has 0 saturated carbocycles. The summed E-state index contributed by atoms with van der Waals surface area (Å²) in [5, 5.41) is 1.09. The third-order valence-corrected chi connectivity index (χ3v) is 4.35. The van der Waals surface area contributed by atoms with Gasteiger partial charge in [0, 0.05) is 18.0 Å². The number of para-hydroxylation sites is 1.